The number of rotatable bonds is 2. The molecule has 120 valence electrons. The number of esters is 1. The molecule has 1 atom stereocenters. The number of benzene rings is 3. The molecule has 0 amide bonds. The Morgan fingerprint density at radius 3 is 2.71 bits per heavy atom. The predicted octanol–water partition coefficient (Wildman–Crippen LogP) is 4.45. The number of nitrogens with two attached hydrogens (primary N) is 1. The number of hydrogen-bond acceptors (Lipinski definition) is 3. The summed E-state index contributed by atoms with van der Waals surface area (Å²) in [6.07, 6.45) is 2.69. The molecule has 0 fully saturated rings. The third-order valence-electron chi connectivity index (χ3n) is 4.79. The number of ether oxygens (including phenoxy) is 1. The van der Waals surface area contributed by atoms with Gasteiger partial charge in [-0.3, -0.25) is 4.79 Å². The van der Waals surface area contributed by atoms with E-state index in [9.17, 15) is 4.79 Å². The van der Waals surface area contributed by atoms with E-state index in [0.29, 0.717) is 5.75 Å². The molecular weight excluding hydrogens is 298 g/mol. The van der Waals surface area contributed by atoms with E-state index >= 15 is 0 Å². The maximum Gasteiger partial charge on any atom is 0.318 e. The molecule has 1 aliphatic carbocycles. The first kappa shape index (κ1) is 14.8. The monoisotopic (exact) mass is 317 g/mol. The lowest BCUT2D eigenvalue weighted by Crippen LogP contribution is -2.23. The molecule has 4 rings (SSSR count). The van der Waals surface area contributed by atoms with Crippen LogP contribution in [0, 0.1) is 0 Å². The summed E-state index contributed by atoms with van der Waals surface area (Å²) < 4.78 is 5.78. The highest BCUT2D eigenvalue weighted by atomic mass is 16.5. The molecule has 0 spiro atoms. The lowest BCUT2D eigenvalue weighted by atomic mass is 9.82. The Morgan fingerprint density at radius 1 is 1.00 bits per heavy atom. The normalized spacial score (nSPS) is 16.6. The van der Waals surface area contributed by atoms with Crippen molar-refractivity contribution in [1.29, 1.82) is 0 Å². The fourth-order valence-electron chi connectivity index (χ4n) is 3.59. The van der Waals surface area contributed by atoms with Crippen molar-refractivity contribution in [2.45, 2.75) is 25.2 Å². The van der Waals surface area contributed by atoms with Gasteiger partial charge in [-0.15, -0.1) is 0 Å². The number of fused-ring (bicyclic) bond motifs is 2. The van der Waals surface area contributed by atoms with Gasteiger partial charge in [0, 0.05) is 11.1 Å². The van der Waals surface area contributed by atoms with Crippen LogP contribution in [0.1, 0.15) is 29.9 Å². The Hall–Kier alpha value is -2.81. The summed E-state index contributed by atoms with van der Waals surface area (Å²) in [5.74, 6) is 0.184. The fraction of sp³-hybridized carbons (Fsp3) is 0.190. The Morgan fingerprint density at radius 2 is 1.79 bits per heavy atom. The van der Waals surface area contributed by atoms with Crippen molar-refractivity contribution >= 4 is 22.4 Å². The Balaban J connectivity index is 1.67. The van der Waals surface area contributed by atoms with Crippen LogP contribution in [0.15, 0.2) is 60.7 Å². The molecule has 3 heteroatoms. The van der Waals surface area contributed by atoms with Crippen molar-refractivity contribution in [3.8, 4) is 5.75 Å². The molecule has 0 bridgehead atoms. The summed E-state index contributed by atoms with van der Waals surface area (Å²) in [5, 5.41) is 2.02. The van der Waals surface area contributed by atoms with Gasteiger partial charge in [0.1, 0.15) is 5.75 Å². The van der Waals surface area contributed by atoms with E-state index in [2.05, 4.69) is 0 Å². The third-order valence-corrected chi connectivity index (χ3v) is 4.79. The van der Waals surface area contributed by atoms with Gasteiger partial charge in [0.05, 0.1) is 5.92 Å². The maximum absolute atomic E-state index is 12.8. The van der Waals surface area contributed by atoms with Crippen LogP contribution in [-0.4, -0.2) is 5.97 Å². The zero-order chi connectivity index (χ0) is 16.5. The van der Waals surface area contributed by atoms with Crippen LogP contribution in [0.5, 0.6) is 5.75 Å². The average molecular weight is 317 g/mol. The third kappa shape index (κ3) is 2.52. The second kappa shape index (κ2) is 6.00. The smallest absolute Gasteiger partial charge is 0.318 e. The van der Waals surface area contributed by atoms with Crippen molar-refractivity contribution in [3.05, 3.63) is 71.8 Å². The van der Waals surface area contributed by atoms with E-state index in [1.54, 1.807) is 0 Å². The van der Waals surface area contributed by atoms with E-state index in [1.807, 2.05) is 60.7 Å². The summed E-state index contributed by atoms with van der Waals surface area (Å²) in [4.78, 5) is 12.8. The van der Waals surface area contributed by atoms with Crippen LogP contribution in [0.4, 0.5) is 5.69 Å². The minimum absolute atomic E-state index is 0.196. The van der Waals surface area contributed by atoms with Crippen LogP contribution < -0.4 is 10.5 Å². The Labute approximate surface area is 141 Å². The highest BCUT2D eigenvalue weighted by Gasteiger charge is 2.29. The summed E-state index contributed by atoms with van der Waals surface area (Å²) >= 11 is 0. The number of nitrogen functional groups attached to an aromatic ring is 1. The van der Waals surface area contributed by atoms with Gasteiger partial charge in [-0.1, -0.05) is 48.5 Å². The SMILES string of the molecule is Nc1cccc2c1CCCC2C(=O)Oc1cccc2ccccc12. The molecule has 1 unspecified atom stereocenters. The second-order valence-electron chi connectivity index (χ2n) is 6.26. The molecule has 0 aliphatic heterocycles. The van der Waals surface area contributed by atoms with Crippen molar-refractivity contribution in [3.63, 3.8) is 0 Å². The molecule has 3 aromatic carbocycles. The first-order chi connectivity index (χ1) is 11.7. The second-order valence-corrected chi connectivity index (χ2v) is 6.26. The van der Waals surface area contributed by atoms with Crippen molar-refractivity contribution in [2.75, 3.05) is 5.73 Å². The standard InChI is InChI=1S/C21H19NO2/c22-19-12-5-9-16-17(19)10-4-11-18(16)21(23)24-20-13-3-7-14-6-1-2-8-15(14)20/h1-3,5-9,12-13,18H,4,10-11,22H2. The van der Waals surface area contributed by atoms with Gasteiger partial charge in [-0.25, -0.2) is 0 Å². The zero-order valence-electron chi connectivity index (χ0n) is 13.4. The van der Waals surface area contributed by atoms with Gasteiger partial charge in [0.15, 0.2) is 0 Å². The molecule has 3 aromatic rings. The molecular formula is C21H19NO2. The molecule has 0 radical (unpaired) electrons. The minimum atomic E-state index is -0.240. The molecule has 2 N–H and O–H groups in total. The van der Waals surface area contributed by atoms with E-state index < -0.39 is 0 Å². The van der Waals surface area contributed by atoms with Crippen molar-refractivity contribution < 1.29 is 9.53 Å². The zero-order valence-corrected chi connectivity index (χ0v) is 13.4. The molecule has 0 saturated heterocycles. The van der Waals surface area contributed by atoms with Crippen molar-refractivity contribution in [1.82, 2.24) is 0 Å². The molecule has 1 aliphatic rings. The summed E-state index contributed by atoms with van der Waals surface area (Å²) in [5.41, 5.74) is 8.97. The highest BCUT2D eigenvalue weighted by molar-refractivity contribution is 5.91. The van der Waals surface area contributed by atoms with E-state index in [1.165, 1.54) is 0 Å². The van der Waals surface area contributed by atoms with Gasteiger partial charge < -0.3 is 10.5 Å². The number of anilines is 1. The number of carbonyl (C=O) groups is 1. The lowest BCUT2D eigenvalue weighted by molar-refractivity contribution is -0.136. The summed E-state index contributed by atoms with van der Waals surface area (Å²) in [6, 6.07) is 19.5. The lowest BCUT2D eigenvalue weighted by Gasteiger charge is -2.25. The van der Waals surface area contributed by atoms with Crippen LogP contribution in [0.3, 0.4) is 0 Å². The molecule has 3 nitrogen and oxygen atoms in total. The minimum Gasteiger partial charge on any atom is -0.425 e. The van der Waals surface area contributed by atoms with Gasteiger partial charge in [-0.05, 0) is 47.9 Å². The fourth-order valence-corrected chi connectivity index (χ4v) is 3.59. The van der Waals surface area contributed by atoms with Gasteiger partial charge in [0.25, 0.3) is 0 Å². The summed E-state index contributed by atoms with van der Waals surface area (Å²) in [7, 11) is 0. The van der Waals surface area contributed by atoms with E-state index in [4.69, 9.17) is 10.5 Å². The van der Waals surface area contributed by atoms with Crippen LogP contribution in [0.2, 0.25) is 0 Å². The number of carbonyl (C=O) groups excluding carboxylic acids is 1. The highest BCUT2D eigenvalue weighted by Crippen LogP contribution is 2.36. The Bertz CT molecular complexity index is 911. The van der Waals surface area contributed by atoms with Crippen LogP contribution in [-0.2, 0) is 11.2 Å². The van der Waals surface area contributed by atoms with Crippen LogP contribution >= 0.6 is 0 Å². The van der Waals surface area contributed by atoms with Gasteiger partial charge in [-0.2, -0.15) is 0 Å². The quantitative estimate of drug-likeness (QED) is 0.432. The van der Waals surface area contributed by atoms with E-state index in [-0.39, 0.29) is 11.9 Å². The topological polar surface area (TPSA) is 52.3 Å². The van der Waals surface area contributed by atoms with E-state index in [0.717, 1.165) is 46.8 Å². The average Bonchev–Trinajstić information content (AvgIpc) is 2.62. The molecule has 24 heavy (non-hydrogen) atoms. The first-order valence-corrected chi connectivity index (χ1v) is 8.31. The predicted molar refractivity (Wildman–Crippen MR) is 96.1 cm³/mol. The molecule has 0 aromatic heterocycles. The summed E-state index contributed by atoms with van der Waals surface area (Å²) in [6.45, 7) is 0. The van der Waals surface area contributed by atoms with Crippen LogP contribution in [0.25, 0.3) is 10.8 Å². The first-order valence-electron chi connectivity index (χ1n) is 8.31. The molecule has 0 heterocycles. The Kier molecular flexibility index (Phi) is 3.69. The molecule has 0 saturated carbocycles. The number of hydrogen-bond donors (Lipinski definition) is 1. The van der Waals surface area contributed by atoms with Crippen molar-refractivity contribution in [2.24, 2.45) is 0 Å². The van der Waals surface area contributed by atoms with Gasteiger partial charge >= 0.3 is 5.97 Å². The largest absolute Gasteiger partial charge is 0.425 e. The maximum atomic E-state index is 12.8. The van der Waals surface area contributed by atoms with Gasteiger partial charge in [0.2, 0.25) is 0 Å².